The van der Waals surface area contributed by atoms with Crippen molar-refractivity contribution >= 4 is 36.8 Å². The van der Waals surface area contributed by atoms with E-state index in [-0.39, 0.29) is 37.7 Å². The fourth-order valence-electron chi connectivity index (χ4n) is 2.46. The van der Waals surface area contributed by atoms with Crippen molar-refractivity contribution in [2.75, 3.05) is 0 Å². The van der Waals surface area contributed by atoms with Crippen LogP contribution in [0.5, 0.6) is 0 Å². The van der Waals surface area contributed by atoms with Crippen LogP contribution in [0, 0.1) is 11.8 Å². The van der Waals surface area contributed by atoms with Crippen LogP contribution in [-0.4, -0.2) is 22.2 Å². The molecule has 1 atom stereocenters. The summed E-state index contributed by atoms with van der Waals surface area (Å²) in [6, 6.07) is 0. The first kappa shape index (κ1) is 26.4. The predicted molar refractivity (Wildman–Crippen MR) is 94.3 cm³/mol. The van der Waals surface area contributed by atoms with Crippen LogP contribution in [0.15, 0.2) is 0 Å². The van der Waals surface area contributed by atoms with Crippen molar-refractivity contribution in [3.05, 3.63) is 0 Å². The Balaban J connectivity index is -0.00000180. The average molecular weight is 359 g/mol. The number of halogens is 2. The zero-order valence-electron chi connectivity index (χ0n) is 13.8. The van der Waals surface area contributed by atoms with Gasteiger partial charge in [0.05, 0.1) is 0 Å². The third kappa shape index (κ3) is 17.6. The number of unbranched alkanes of at least 4 members (excludes halogenated alkanes) is 6. The molecule has 0 aliphatic heterocycles. The molecule has 0 spiro atoms. The van der Waals surface area contributed by atoms with Crippen LogP contribution in [0.2, 0.25) is 0 Å². The molecule has 0 aromatic carbocycles. The fourth-order valence-corrected chi connectivity index (χ4v) is 2.46. The summed E-state index contributed by atoms with van der Waals surface area (Å²) >= 11 is 0. The number of carboxylic acid groups (broad SMARTS) is 2. The molecule has 0 aliphatic carbocycles. The Morgan fingerprint density at radius 3 is 1.64 bits per heavy atom. The van der Waals surface area contributed by atoms with E-state index in [1.165, 1.54) is 6.42 Å². The quantitative estimate of drug-likeness (QED) is 0.445. The zero-order valence-corrected chi connectivity index (χ0v) is 15.4. The number of hydrogen-bond acceptors (Lipinski definition) is 2. The van der Waals surface area contributed by atoms with Gasteiger partial charge in [-0.05, 0) is 24.7 Å². The third-order valence-corrected chi connectivity index (χ3v) is 3.85. The molecule has 134 valence electrons. The van der Waals surface area contributed by atoms with Crippen molar-refractivity contribution in [3.8, 4) is 0 Å². The van der Waals surface area contributed by atoms with Gasteiger partial charge in [-0.3, -0.25) is 9.59 Å². The first-order valence-corrected chi connectivity index (χ1v) is 7.87. The molecule has 0 heterocycles. The summed E-state index contributed by atoms with van der Waals surface area (Å²) in [5.74, 6) is -0.671. The monoisotopic (exact) mass is 358 g/mol. The van der Waals surface area contributed by atoms with Gasteiger partial charge in [0, 0.05) is 12.8 Å². The second-order valence-electron chi connectivity index (χ2n) is 6.01. The molecular weight excluding hydrogens is 327 g/mol. The molecule has 0 saturated heterocycles. The summed E-state index contributed by atoms with van der Waals surface area (Å²) in [6.45, 7) is 4.19. The maximum atomic E-state index is 10.8. The van der Waals surface area contributed by atoms with Crippen molar-refractivity contribution in [3.63, 3.8) is 0 Å². The van der Waals surface area contributed by atoms with E-state index in [1.807, 2.05) is 0 Å². The van der Waals surface area contributed by atoms with Gasteiger partial charge in [0.2, 0.25) is 0 Å². The molecule has 0 aromatic heterocycles. The van der Waals surface area contributed by atoms with E-state index in [9.17, 15) is 9.59 Å². The van der Waals surface area contributed by atoms with Crippen LogP contribution in [0.25, 0.3) is 0 Å². The van der Waals surface area contributed by atoms with E-state index < -0.39 is 11.9 Å². The van der Waals surface area contributed by atoms with Gasteiger partial charge in [0.25, 0.3) is 0 Å². The van der Waals surface area contributed by atoms with E-state index in [2.05, 4.69) is 13.8 Å². The lowest BCUT2D eigenvalue weighted by Gasteiger charge is -2.18. The number of rotatable bonds is 13. The molecule has 0 rings (SSSR count). The van der Waals surface area contributed by atoms with Gasteiger partial charge in [-0.1, -0.05) is 52.4 Å². The molecular formula is C16H32Cl2O4. The van der Waals surface area contributed by atoms with Gasteiger partial charge < -0.3 is 10.2 Å². The molecule has 22 heavy (non-hydrogen) atoms. The summed E-state index contributed by atoms with van der Waals surface area (Å²) in [5.41, 5.74) is 0. The summed E-state index contributed by atoms with van der Waals surface area (Å²) in [6.07, 6.45) is 9.04. The molecule has 0 amide bonds. The Hall–Kier alpha value is -0.480. The molecule has 0 aromatic rings. The van der Waals surface area contributed by atoms with Gasteiger partial charge in [0.1, 0.15) is 0 Å². The van der Waals surface area contributed by atoms with Crippen molar-refractivity contribution in [1.82, 2.24) is 0 Å². The molecule has 0 aliphatic rings. The topological polar surface area (TPSA) is 74.6 Å². The zero-order chi connectivity index (χ0) is 15.4. The lowest BCUT2D eigenvalue weighted by atomic mass is 9.87. The molecule has 4 nitrogen and oxygen atoms in total. The van der Waals surface area contributed by atoms with Crippen LogP contribution in [0.4, 0.5) is 0 Å². The minimum atomic E-state index is -0.705. The van der Waals surface area contributed by atoms with Gasteiger partial charge in [-0.25, -0.2) is 0 Å². The fraction of sp³-hybridized carbons (Fsp3) is 0.875. The Morgan fingerprint density at radius 1 is 0.773 bits per heavy atom. The summed E-state index contributed by atoms with van der Waals surface area (Å²) in [4.78, 5) is 21.1. The van der Waals surface area contributed by atoms with Gasteiger partial charge in [0.15, 0.2) is 0 Å². The van der Waals surface area contributed by atoms with E-state index >= 15 is 0 Å². The van der Waals surface area contributed by atoms with Gasteiger partial charge >= 0.3 is 11.9 Å². The predicted octanol–water partition coefficient (Wildman–Crippen LogP) is 5.17. The second-order valence-corrected chi connectivity index (χ2v) is 6.01. The first-order chi connectivity index (χ1) is 9.43. The van der Waals surface area contributed by atoms with E-state index in [0.29, 0.717) is 11.8 Å². The molecule has 2 N–H and O–H groups in total. The smallest absolute Gasteiger partial charge is 0.303 e. The van der Waals surface area contributed by atoms with Crippen LogP contribution in [-0.2, 0) is 9.59 Å². The first-order valence-electron chi connectivity index (χ1n) is 7.87. The molecule has 0 bridgehead atoms. The standard InChI is InChI=1S/C16H30O4.2ClH/c1-13(2)14(12-16(19)20)10-8-6-4-3-5-7-9-11-15(17)18;;/h13-14H,3-12H2,1-2H3,(H,17,18)(H,19,20);2*1H. The molecule has 6 heteroatoms. The minimum absolute atomic E-state index is 0. The Labute approximate surface area is 146 Å². The SMILES string of the molecule is CC(C)C(CCCCCCCCCC(=O)O)CC(=O)O.Cl.Cl. The molecule has 0 radical (unpaired) electrons. The van der Waals surface area contributed by atoms with Crippen LogP contribution < -0.4 is 0 Å². The highest BCUT2D eigenvalue weighted by atomic mass is 35.5. The Morgan fingerprint density at radius 2 is 1.23 bits per heavy atom. The van der Waals surface area contributed by atoms with Crippen LogP contribution >= 0.6 is 24.8 Å². The highest BCUT2D eigenvalue weighted by molar-refractivity contribution is 5.85. The Kier molecular flexibility index (Phi) is 20.3. The van der Waals surface area contributed by atoms with Crippen molar-refractivity contribution in [2.45, 2.75) is 78.1 Å². The maximum absolute atomic E-state index is 10.8. The van der Waals surface area contributed by atoms with Crippen molar-refractivity contribution in [1.29, 1.82) is 0 Å². The molecule has 0 saturated carbocycles. The summed E-state index contributed by atoms with van der Waals surface area (Å²) in [5, 5.41) is 17.4. The number of carbonyl (C=O) groups is 2. The van der Waals surface area contributed by atoms with Crippen molar-refractivity contribution < 1.29 is 19.8 Å². The highest BCUT2D eigenvalue weighted by Gasteiger charge is 2.16. The largest absolute Gasteiger partial charge is 0.481 e. The van der Waals surface area contributed by atoms with E-state index in [4.69, 9.17) is 10.2 Å². The second kappa shape index (κ2) is 16.9. The Bertz CT molecular complexity index is 283. The molecule has 0 fully saturated rings. The highest BCUT2D eigenvalue weighted by Crippen LogP contribution is 2.22. The van der Waals surface area contributed by atoms with Gasteiger partial charge in [-0.15, -0.1) is 24.8 Å². The van der Waals surface area contributed by atoms with Gasteiger partial charge in [-0.2, -0.15) is 0 Å². The minimum Gasteiger partial charge on any atom is -0.481 e. The van der Waals surface area contributed by atoms with E-state index in [1.54, 1.807) is 0 Å². The third-order valence-electron chi connectivity index (χ3n) is 3.85. The normalized spacial score (nSPS) is 11.4. The van der Waals surface area contributed by atoms with Crippen LogP contribution in [0.1, 0.15) is 78.1 Å². The number of carboxylic acids is 2. The van der Waals surface area contributed by atoms with Crippen molar-refractivity contribution in [2.24, 2.45) is 11.8 Å². The van der Waals surface area contributed by atoms with E-state index in [0.717, 1.165) is 44.9 Å². The molecule has 1 unspecified atom stereocenters. The summed E-state index contributed by atoms with van der Waals surface area (Å²) < 4.78 is 0. The lowest BCUT2D eigenvalue weighted by Crippen LogP contribution is -2.13. The number of aliphatic carboxylic acids is 2. The lowest BCUT2D eigenvalue weighted by molar-refractivity contribution is -0.139. The maximum Gasteiger partial charge on any atom is 0.303 e. The summed E-state index contributed by atoms with van der Waals surface area (Å²) in [7, 11) is 0. The average Bonchev–Trinajstić information content (AvgIpc) is 2.34. The number of hydrogen-bond donors (Lipinski definition) is 2. The van der Waals surface area contributed by atoms with Crippen LogP contribution in [0.3, 0.4) is 0 Å².